The molecule has 9 N–H and O–H groups in total. The molecule has 2 aliphatic heterocycles. The molecule has 0 aromatic heterocycles. The molecular weight excluding hydrogens is 1000 g/mol. The fraction of sp³-hybridized carbons (Fsp3) is 0.892. The standard InChI is InChI=1S/C65H121NO13/c1-3-5-7-9-11-13-15-16-17-18-19-20-21-22-23-24-25-26-27-28-29-30-31-32-33-34-35-36-37-38-39-41-43-45-47-49-57(70)66-53(54(69)48-46-44-42-40-14-12-10-8-6-4-2)52-76-64-62(75)60(73)63(56(51-68)78-64)79-65-61(74)59(72)58(71)55(50-67)77-65/h14,18-19,40,46,48,53-56,58-65,67-69,71-75H,3-13,15-17,20-39,41-45,47,49-52H2,1-2H3,(H,66,70)/b19-18-,40-14+,48-46+. The van der Waals surface area contributed by atoms with Crippen LogP contribution in [0.1, 0.15) is 277 Å². The van der Waals surface area contributed by atoms with Gasteiger partial charge in [0.15, 0.2) is 12.6 Å². The van der Waals surface area contributed by atoms with Crippen LogP contribution in [0.15, 0.2) is 36.5 Å². The summed E-state index contributed by atoms with van der Waals surface area (Å²) in [6.07, 6.45) is 46.8. The van der Waals surface area contributed by atoms with Crippen LogP contribution in [0.5, 0.6) is 0 Å². The molecule has 2 rings (SSSR count). The number of rotatable bonds is 53. The highest BCUT2D eigenvalue weighted by Crippen LogP contribution is 2.30. The zero-order valence-corrected chi connectivity index (χ0v) is 50.1. The van der Waals surface area contributed by atoms with Crippen molar-refractivity contribution in [3.05, 3.63) is 36.5 Å². The first-order chi connectivity index (χ1) is 38.6. The van der Waals surface area contributed by atoms with Crippen molar-refractivity contribution in [3.8, 4) is 0 Å². The molecule has 2 aliphatic rings. The smallest absolute Gasteiger partial charge is 0.220 e. The average molecular weight is 1120 g/mol. The van der Waals surface area contributed by atoms with E-state index in [1.165, 1.54) is 212 Å². The van der Waals surface area contributed by atoms with Crippen LogP contribution in [0, 0.1) is 0 Å². The van der Waals surface area contributed by atoms with Crippen LogP contribution in [0.3, 0.4) is 0 Å². The molecule has 0 aromatic carbocycles. The summed E-state index contributed by atoms with van der Waals surface area (Å²) in [6.45, 7) is 2.75. The largest absolute Gasteiger partial charge is 0.394 e. The molecular formula is C65H121NO13. The number of aliphatic hydroxyl groups is 8. The quantitative estimate of drug-likeness (QED) is 0.0204. The second kappa shape index (κ2) is 50.7. The summed E-state index contributed by atoms with van der Waals surface area (Å²) >= 11 is 0. The maximum absolute atomic E-state index is 13.2. The molecule has 2 heterocycles. The van der Waals surface area contributed by atoms with E-state index in [9.17, 15) is 45.6 Å². The third kappa shape index (κ3) is 35.8. The first kappa shape index (κ1) is 73.3. The first-order valence-corrected chi connectivity index (χ1v) is 32.7. The predicted molar refractivity (Wildman–Crippen MR) is 318 cm³/mol. The maximum Gasteiger partial charge on any atom is 0.220 e. The Kier molecular flexibility index (Phi) is 47.0. The van der Waals surface area contributed by atoms with Gasteiger partial charge in [-0.25, -0.2) is 0 Å². The monoisotopic (exact) mass is 1120 g/mol. The van der Waals surface area contributed by atoms with Gasteiger partial charge in [-0.2, -0.15) is 0 Å². The van der Waals surface area contributed by atoms with E-state index >= 15 is 0 Å². The van der Waals surface area contributed by atoms with Crippen molar-refractivity contribution in [2.24, 2.45) is 0 Å². The van der Waals surface area contributed by atoms with Gasteiger partial charge in [0.1, 0.15) is 48.8 Å². The minimum absolute atomic E-state index is 0.247. The summed E-state index contributed by atoms with van der Waals surface area (Å²) in [5.74, 6) is -0.247. The lowest BCUT2D eigenvalue weighted by atomic mass is 9.97. The first-order valence-electron chi connectivity index (χ1n) is 32.7. The number of allylic oxidation sites excluding steroid dienone is 5. The van der Waals surface area contributed by atoms with Crippen molar-refractivity contribution in [3.63, 3.8) is 0 Å². The van der Waals surface area contributed by atoms with E-state index in [0.29, 0.717) is 12.8 Å². The van der Waals surface area contributed by atoms with Gasteiger partial charge in [0.05, 0.1) is 32.0 Å². The second-order valence-corrected chi connectivity index (χ2v) is 23.2. The molecule has 0 radical (unpaired) electrons. The summed E-state index contributed by atoms with van der Waals surface area (Å²) in [4.78, 5) is 13.2. The predicted octanol–water partition coefficient (Wildman–Crippen LogP) is 12.2. The average Bonchev–Trinajstić information content (AvgIpc) is 3.48. The van der Waals surface area contributed by atoms with Crippen LogP contribution < -0.4 is 5.32 Å². The van der Waals surface area contributed by atoms with E-state index < -0.39 is 86.8 Å². The number of carbonyl (C=O) groups excluding carboxylic acids is 1. The highest BCUT2D eigenvalue weighted by Gasteiger charge is 2.51. The molecule has 1 amide bonds. The van der Waals surface area contributed by atoms with E-state index in [4.69, 9.17) is 18.9 Å². The Hall–Kier alpha value is -1.79. The van der Waals surface area contributed by atoms with Gasteiger partial charge < -0.3 is 65.1 Å². The number of nitrogens with one attached hydrogen (secondary N) is 1. The lowest BCUT2D eigenvalue weighted by Gasteiger charge is -2.46. The van der Waals surface area contributed by atoms with Crippen molar-refractivity contribution in [2.75, 3.05) is 19.8 Å². The topological polar surface area (TPSA) is 228 Å². The lowest BCUT2D eigenvalue weighted by Crippen LogP contribution is -2.65. The molecule has 12 atom stereocenters. The van der Waals surface area contributed by atoms with Crippen molar-refractivity contribution in [1.82, 2.24) is 5.32 Å². The number of hydrogen-bond acceptors (Lipinski definition) is 13. The summed E-state index contributed by atoms with van der Waals surface area (Å²) in [7, 11) is 0. The van der Waals surface area contributed by atoms with Gasteiger partial charge in [0.2, 0.25) is 5.91 Å². The molecule has 0 spiro atoms. The Balaban J connectivity index is 1.56. The fourth-order valence-corrected chi connectivity index (χ4v) is 10.8. The molecule has 464 valence electrons. The fourth-order valence-electron chi connectivity index (χ4n) is 10.8. The zero-order valence-electron chi connectivity index (χ0n) is 50.1. The van der Waals surface area contributed by atoms with E-state index in [-0.39, 0.29) is 18.9 Å². The van der Waals surface area contributed by atoms with Crippen molar-refractivity contribution in [2.45, 2.75) is 351 Å². The van der Waals surface area contributed by atoms with Gasteiger partial charge in [-0.1, -0.05) is 249 Å². The molecule has 14 nitrogen and oxygen atoms in total. The molecule has 14 heteroatoms. The van der Waals surface area contributed by atoms with Gasteiger partial charge in [-0.05, 0) is 57.8 Å². The zero-order chi connectivity index (χ0) is 57.4. The van der Waals surface area contributed by atoms with Gasteiger partial charge >= 0.3 is 0 Å². The van der Waals surface area contributed by atoms with Crippen LogP contribution in [0.2, 0.25) is 0 Å². The number of hydrogen-bond donors (Lipinski definition) is 9. The lowest BCUT2D eigenvalue weighted by molar-refractivity contribution is -0.359. The molecule has 79 heavy (non-hydrogen) atoms. The third-order valence-corrected chi connectivity index (χ3v) is 16.0. The Morgan fingerprint density at radius 2 is 0.810 bits per heavy atom. The Bertz CT molecular complexity index is 1460. The molecule has 0 aromatic rings. The van der Waals surface area contributed by atoms with E-state index in [1.807, 2.05) is 6.08 Å². The van der Waals surface area contributed by atoms with Crippen LogP contribution in [-0.2, 0) is 23.7 Å². The molecule has 12 unspecified atom stereocenters. The highest BCUT2D eigenvalue weighted by atomic mass is 16.7. The molecule has 2 fully saturated rings. The third-order valence-electron chi connectivity index (χ3n) is 16.0. The number of ether oxygens (including phenoxy) is 4. The van der Waals surface area contributed by atoms with E-state index in [0.717, 1.165) is 32.1 Å². The number of unbranched alkanes of at least 4 members (excludes halogenated alkanes) is 36. The maximum atomic E-state index is 13.2. The van der Waals surface area contributed by atoms with E-state index in [2.05, 4.69) is 43.5 Å². The second-order valence-electron chi connectivity index (χ2n) is 23.2. The van der Waals surface area contributed by atoms with Gasteiger partial charge in [0.25, 0.3) is 0 Å². The van der Waals surface area contributed by atoms with Crippen molar-refractivity contribution < 1.29 is 64.6 Å². The summed E-state index contributed by atoms with van der Waals surface area (Å²) in [5.41, 5.74) is 0. The van der Waals surface area contributed by atoms with Gasteiger partial charge in [-0.15, -0.1) is 0 Å². The van der Waals surface area contributed by atoms with Crippen LogP contribution in [-0.4, -0.2) is 140 Å². The molecule has 0 saturated carbocycles. The Labute approximate surface area is 481 Å². The molecule has 0 aliphatic carbocycles. The highest BCUT2D eigenvalue weighted by molar-refractivity contribution is 5.76. The summed E-state index contributed by atoms with van der Waals surface area (Å²) in [6, 6.07) is -0.928. The SMILES string of the molecule is CCCCCC/C=C/CC/C=C/C(O)C(COC1OC(CO)C(OC2OC(CO)C(O)C(O)C2O)C(O)C1O)NC(=O)CCCCCCCCCCCCCCCCCCCCCCCCC/C=C\CCCCCCCCCC. The summed E-state index contributed by atoms with van der Waals surface area (Å²) in [5, 5.41) is 86.9. The van der Waals surface area contributed by atoms with Crippen molar-refractivity contribution in [1.29, 1.82) is 0 Å². The van der Waals surface area contributed by atoms with E-state index in [1.54, 1.807) is 6.08 Å². The van der Waals surface area contributed by atoms with Crippen LogP contribution in [0.4, 0.5) is 0 Å². The minimum Gasteiger partial charge on any atom is -0.394 e. The summed E-state index contributed by atoms with van der Waals surface area (Å²) < 4.78 is 22.7. The van der Waals surface area contributed by atoms with Gasteiger partial charge in [0, 0.05) is 6.42 Å². The van der Waals surface area contributed by atoms with Gasteiger partial charge in [-0.3, -0.25) is 4.79 Å². The minimum atomic E-state index is -1.79. The van der Waals surface area contributed by atoms with Crippen molar-refractivity contribution >= 4 is 5.91 Å². The van der Waals surface area contributed by atoms with Crippen LogP contribution in [0.25, 0.3) is 0 Å². The number of aliphatic hydroxyl groups excluding tert-OH is 8. The Morgan fingerprint density at radius 1 is 0.443 bits per heavy atom. The molecule has 2 saturated heterocycles. The van der Waals surface area contributed by atoms with Crippen LogP contribution >= 0.6 is 0 Å². The Morgan fingerprint density at radius 3 is 1.25 bits per heavy atom. The number of carbonyl (C=O) groups is 1. The number of amides is 1. The normalized spacial score (nSPS) is 24.6. The molecule has 0 bridgehead atoms.